The van der Waals surface area contributed by atoms with Gasteiger partial charge in [0.2, 0.25) is 0 Å². The number of primary amides is 1. The highest BCUT2D eigenvalue weighted by atomic mass is 16.2. The average molecular weight is 300 g/mol. The van der Waals surface area contributed by atoms with Crippen LogP contribution in [0.15, 0.2) is 24.4 Å². The first-order valence-electron chi connectivity index (χ1n) is 7.50. The van der Waals surface area contributed by atoms with Gasteiger partial charge < -0.3 is 10.6 Å². The Labute approximate surface area is 128 Å². The molecule has 6 heteroatoms. The normalized spacial score (nSPS) is 22.0. The molecule has 2 N–H and O–H groups in total. The van der Waals surface area contributed by atoms with Crippen LogP contribution in [0.2, 0.25) is 0 Å². The molecule has 116 valence electrons. The van der Waals surface area contributed by atoms with Gasteiger partial charge in [-0.2, -0.15) is 5.10 Å². The fourth-order valence-electron chi connectivity index (χ4n) is 3.33. The third kappa shape index (κ3) is 2.34. The van der Waals surface area contributed by atoms with Crippen molar-refractivity contribution in [3.63, 3.8) is 0 Å². The summed E-state index contributed by atoms with van der Waals surface area (Å²) in [4.78, 5) is 25.2. The second kappa shape index (κ2) is 5.44. The minimum atomic E-state index is -0.891. The molecule has 2 aromatic rings. The third-order valence-corrected chi connectivity index (χ3v) is 4.47. The van der Waals surface area contributed by atoms with Crippen LogP contribution in [0.25, 0.3) is 10.9 Å². The van der Waals surface area contributed by atoms with Gasteiger partial charge in [-0.25, -0.2) is 0 Å². The number of piperidine rings is 1. The molecule has 0 bridgehead atoms. The Kier molecular flexibility index (Phi) is 3.60. The predicted octanol–water partition coefficient (Wildman–Crippen LogP) is 1.36. The van der Waals surface area contributed by atoms with E-state index < -0.39 is 11.8 Å². The van der Waals surface area contributed by atoms with Gasteiger partial charge in [-0.15, -0.1) is 0 Å². The highest BCUT2D eigenvalue weighted by molar-refractivity contribution is 6.34. The number of fused-ring (bicyclic) bond motifs is 1. The Morgan fingerprint density at radius 1 is 1.32 bits per heavy atom. The summed E-state index contributed by atoms with van der Waals surface area (Å²) in [6.45, 7) is 2.64. The van der Waals surface area contributed by atoms with E-state index in [0.29, 0.717) is 12.5 Å². The van der Waals surface area contributed by atoms with E-state index in [0.717, 1.165) is 29.3 Å². The molecule has 2 heterocycles. The number of amides is 2. The van der Waals surface area contributed by atoms with Crippen molar-refractivity contribution in [3.05, 3.63) is 30.0 Å². The fraction of sp³-hybridized carbons (Fsp3) is 0.438. The van der Waals surface area contributed by atoms with Gasteiger partial charge in [-0.05, 0) is 30.4 Å². The van der Waals surface area contributed by atoms with Crippen molar-refractivity contribution in [2.45, 2.75) is 25.8 Å². The number of nitrogens with two attached hydrogens (primary N) is 1. The molecule has 0 saturated carbocycles. The fourth-order valence-corrected chi connectivity index (χ4v) is 3.33. The molecule has 1 fully saturated rings. The van der Waals surface area contributed by atoms with E-state index in [9.17, 15) is 9.59 Å². The van der Waals surface area contributed by atoms with Gasteiger partial charge in [0.1, 0.15) is 0 Å². The lowest BCUT2D eigenvalue weighted by Gasteiger charge is -2.38. The zero-order valence-electron chi connectivity index (χ0n) is 12.8. The maximum Gasteiger partial charge on any atom is 0.312 e. The topological polar surface area (TPSA) is 81.2 Å². The van der Waals surface area contributed by atoms with E-state index in [1.165, 1.54) is 0 Å². The Bertz CT molecular complexity index is 737. The Morgan fingerprint density at radius 2 is 2.09 bits per heavy atom. The van der Waals surface area contributed by atoms with Gasteiger partial charge in [0.05, 0.1) is 17.8 Å². The number of aromatic nitrogens is 2. The first-order valence-corrected chi connectivity index (χ1v) is 7.50. The molecule has 0 radical (unpaired) electrons. The summed E-state index contributed by atoms with van der Waals surface area (Å²) >= 11 is 0. The predicted molar refractivity (Wildman–Crippen MR) is 82.8 cm³/mol. The highest BCUT2D eigenvalue weighted by Gasteiger charge is 2.34. The molecule has 2 amide bonds. The summed E-state index contributed by atoms with van der Waals surface area (Å²) in [6, 6.07) is 5.84. The standard InChI is InChI=1S/C16H20N4O2/c1-10-6-7-14(20(9-10)16(22)15(17)21)11-4-3-5-13-12(11)8-18-19(13)2/h3-5,8,10,14H,6-7,9H2,1-2H3,(H2,17,21)/t10-,14?/m0/s1. The molecule has 1 aliphatic rings. The molecule has 2 atom stereocenters. The number of nitrogens with zero attached hydrogens (tertiary/aromatic N) is 3. The van der Waals surface area contributed by atoms with Gasteiger partial charge in [0.15, 0.2) is 0 Å². The maximum atomic E-state index is 12.2. The van der Waals surface area contributed by atoms with E-state index in [1.807, 2.05) is 36.1 Å². The van der Waals surface area contributed by atoms with E-state index in [1.54, 1.807) is 4.90 Å². The number of aryl methyl sites for hydroxylation is 1. The van der Waals surface area contributed by atoms with Gasteiger partial charge in [0.25, 0.3) is 0 Å². The first kappa shape index (κ1) is 14.6. The third-order valence-electron chi connectivity index (χ3n) is 4.47. The molecule has 3 rings (SSSR count). The lowest BCUT2D eigenvalue weighted by molar-refractivity contribution is -0.147. The van der Waals surface area contributed by atoms with Crippen LogP contribution in [-0.2, 0) is 16.6 Å². The molecule has 0 spiro atoms. The SMILES string of the molecule is C[C@H]1CCC(c2cccc3c2cnn3C)N(C(=O)C(N)=O)C1. The monoisotopic (exact) mass is 300 g/mol. The summed E-state index contributed by atoms with van der Waals surface area (Å²) in [5, 5.41) is 5.31. The van der Waals surface area contributed by atoms with Gasteiger partial charge in [0, 0.05) is 19.0 Å². The second-order valence-electron chi connectivity index (χ2n) is 6.07. The molecule has 1 aromatic heterocycles. The van der Waals surface area contributed by atoms with E-state index in [2.05, 4.69) is 12.0 Å². The first-order chi connectivity index (χ1) is 10.5. The number of likely N-dealkylation sites (tertiary alicyclic amines) is 1. The van der Waals surface area contributed by atoms with Crippen LogP contribution in [0, 0.1) is 5.92 Å². The van der Waals surface area contributed by atoms with Crippen molar-refractivity contribution in [3.8, 4) is 0 Å². The van der Waals surface area contributed by atoms with Crippen LogP contribution >= 0.6 is 0 Å². The highest BCUT2D eigenvalue weighted by Crippen LogP contribution is 2.36. The number of carbonyl (C=O) groups is 2. The zero-order valence-corrected chi connectivity index (χ0v) is 12.8. The zero-order chi connectivity index (χ0) is 15.9. The number of carbonyl (C=O) groups excluding carboxylic acids is 2. The van der Waals surface area contributed by atoms with Crippen molar-refractivity contribution in [2.75, 3.05) is 6.54 Å². The van der Waals surface area contributed by atoms with Crippen LogP contribution in [0.5, 0.6) is 0 Å². The van der Waals surface area contributed by atoms with Crippen LogP contribution in [0.3, 0.4) is 0 Å². The van der Waals surface area contributed by atoms with Gasteiger partial charge in [-0.3, -0.25) is 14.3 Å². The number of benzene rings is 1. The summed E-state index contributed by atoms with van der Waals surface area (Å²) in [7, 11) is 1.89. The molecule has 1 unspecified atom stereocenters. The van der Waals surface area contributed by atoms with Crippen LogP contribution < -0.4 is 5.73 Å². The summed E-state index contributed by atoms with van der Waals surface area (Å²) < 4.78 is 1.81. The number of hydrogen-bond donors (Lipinski definition) is 1. The lowest BCUT2D eigenvalue weighted by atomic mass is 9.88. The van der Waals surface area contributed by atoms with Crippen molar-refractivity contribution < 1.29 is 9.59 Å². The summed E-state index contributed by atoms with van der Waals surface area (Å²) in [6.07, 6.45) is 3.66. The van der Waals surface area contributed by atoms with Gasteiger partial charge in [-0.1, -0.05) is 19.1 Å². The van der Waals surface area contributed by atoms with E-state index in [-0.39, 0.29) is 6.04 Å². The Balaban J connectivity index is 2.06. The summed E-state index contributed by atoms with van der Waals surface area (Å²) in [5.74, 6) is -1.12. The van der Waals surface area contributed by atoms with E-state index in [4.69, 9.17) is 5.73 Å². The van der Waals surface area contributed by atoms with E-state index >= 15 is 0 Å². The van der Waals surface area contributed by atoms with Crippen molar-refractivity contribution in [2.24, 2.45) is 18.7 Å². The number of hydrogen-bond acceptors (Lipinski definition) is 3. The smallest absolute Gasteiger partial charge is 0.312 e. The van der Waals surface area contributed by atoms with Crippen molar-refractivity contribution >= 4 is 22.7 Å². The van der Waals surface area contributed by atoms with Crippen LogP contribution in [0.1, 0.15) is 31.4 Å². The average Bonchev–Trinajstić information content (AvgIpc) is 2.88. The maximum absolute atomic E-state index is 12.2. The molecular weight excluding hydrogens is 280 g/mol. The number of rotatable bonds is 1. The van der Waals surface area contributed by atoms with Crippen LogP contribution in [0.4, 0.5) is 0 Å². The molecule has 1 saturated heterocycles. The minimum Gasteiger partial charge on any atom is -0.361 e. The van der Waals surface area contributed by atoms with Crippen LogP contribution in [-0.4, -0.2) is 33.0 Å². The molecule has 6 nitrogen and oxygen atoms in total. The summed E-state index contributed by atoms with van der Waals surface area (Å²) in [5.41, 5.74) is 7.27. The van der Waals surface area contributed by atoms with Gasteiger partial charge >= 0.3 is 11.8 Å². The van der Waals surface area contributed by atoms with Crippen molar-refractivity contribution in [1.29, 1.82) is 0 Å². The molecule has 22 heavy (non-hydrogen) atoms. The Hall–Kier alpha value is -2.37. The lowest BCUT2D eigenvalue weighted by Crippen LogP contribution is -2.46. The van der Waals surface area contributed by atoms with Crippen molar-refractivity contribution in [1.82, 2.24) is 14.7 Å². The quantitative estimate of drug-likeness (QED) is 0.807. The Morgan fingerprint density at radius 3 is 2.82 bits per heavy atom. The second-order valence-corrected chi connectivity index (χ2v) is 6.07. The molecule has 1 aromatic carbocycles. The molecule has 1 aliphatic heterocycles. The minimum absolute atomic E-state index is 0.121. The largest absolute Gasteiger partial charge is 0.361 e. The molecular formula is C16H20N4O2. The molecule has 0 aliphatic carbocycles.